The van der Waals surface area contributed by atoms with Crippen LogP contribution in [0.2, 0.25) is 0 Å². The molecule has 4 nitrogen and oxygen atoms in total. The molecule has 0 fully saturated rings. The molecule has 0 aliphatic rings. The summed E-state index contributed by atoms with van der Waals surface area (Å²) in [5.41, 5.74) is 7.01. The van der Waals surface area contributed by atoms with E-state index >= 15 is 0 Å². The van der Waals surface area contributed by atoms with Crippen molar-refractivity contribution in [1.82, 2.24) is 9.78 Å². The first kappa shape index (κ1) is 8.77. The van der Waals surface area contributed by atoms with Gasteiger partial charge >= 0.3 is 0 Å². The van der Waals surface area contributed by atoms with Crippen molar-refractivity contribution in [2.45, 2.75) is 26.8 Å². The highest BCUT2D eigenvalue weighted by molar-refractivity contribution is 5.76. The Bertz CT molecular complexity index is 290. The highest BCUT2D eigenvalue weighted by Gasteiger charge is 2.06. The lowest BCUT2D eigenvalue weighted by Gasteiger charge is -1.99. The molecule has 1 aromatic heterocycles. The molecular formula is C8H13N3O. The van der Waals surface area contributed by atoms with Gasteiger partial charge in [0.05, 0.1) is 12.6 Å². The van der Waals surface area contributed by atoms with Gasteiger partial charge in [-0.1, -0.05) is 0 Å². The Balaban J connectivity index is 2.87. The van der Waals surface area contributed by atoms with Crippen molar-refractivity contribution >= 4 is 5.91 Å². The monoisotopic (exact) mass is 167 g/mol. The Hall–Kier alpha value is -1.32. The van der Waals surface area contributed by atoms with E-state index in [9.17, 15) is 4.79 Å². The Kier molecular flexibility index (Phi) is 2.47. The van der Waals surface area contributed by atoms with E-state index in [1.807, 2.05) is 18.5 Å². The van der Waals surface area contributed by atoms with Crippen molar-refractivity contribution < 1.29 is 4.79 Å². The van der Waals surface area contributed by atoms with Crippen molar-refractivity contribution in [3.05, 3.63) is 17.5 Å². The maximum atomic E-state index is 10.6. The number of amides is 1. The van der Waals surface area contributed by atoms with E-state index in [-0.39, 0.29) is 12.3 Å². The third-order valence-electron chi connectivity index (χ3n) is 1.87. The van der Waals surface area contributed by atoms with Gasteiger partial charge in [0.2, 0.25) is 5.91 Å². The fourth-order valence-electron chi connectivity index (χ4n) is 1.17. The van der Waals surface area contributed by atoms with Crippen LogP contribution in [-0.4, -0.2) is 15.7 Å². The molecule has 0 unspecified atom stereocenters. The van der Waals surface area contributed by atoms with Crippen molar-refractivity contribution in [1.29, 1.82) is 0 Å². The van der Waals surface area contributed by atoms with Gasteiger partial charge in [-0.2, -0.15) is 5.10 Å². The van der Waals surface area contributed by atoms with Crippen LogP contribution in [0.15, 0.2) is 6.20 Å². The van der Waals surface area contributed by atoms with Crippen LogP contribution < -0.4 is 5.73 Å². The molecule has 0 aliphatic heterocycles. The minimum absolute atomic E-state index is 0.284. The second kappa shape index (κ2) is 3.38. The molecule has 0 spiro atoms. The van der Waals surface area contributed by atoms with Crippen molar-refractivity contribution in [3.8, 4) is 0 Å². The predicted molar refractivity (Wildman–Crippen MR) is 45.5 cm³/mol. The molecule has 0 aromatic carbocycles. The standard InChI is InChI=1S/C8H13N3O/c1-3-11-6(2)7(5-10-11)4-8(9)12/h5H,3-4H2,1-2H3,(H2,9,12). The zero-order chi connectivity index (χ0) is 9.14. The van der Waals surface area contributed by atoms with E-state index in [1.165, 1.54) is 0 Å². The Morgan fingerprint density at radius 2 is 2.42 bits per heavy atom. The van der Waals surface area contributed by atoms with E-state index in [0.717, 1.165) is 17.8 Å². The van der Waals surface area contributed by atoms with Crippen LogP contribution in [0.1, 0.15) is 18.2 Å². The molecule has 1 aromatic rings. The van der Waals surface area contributed by atoms with E-state index in [2.05, 4.69) is 5.10 Å². The smallest absolute Gasteiger partial charge is 0.221 e. The number of aromatic nitrogens is 2. The lowest BCUT2D eigenvalue weighted by atomic mass is 10.2. The summed E-state index contributed by atoms with van der Waals surface area (Å²) in [6, 6.07) is 0. The first-order chi connectivity index (χ1) is 5.65. The van der Waals surface area contributed by atoms with E-state index in [0.29, 0.717) is 0 Å². The molecule has 0 atom stereocenters. The predicted octanol–water partition coefficient (Wildman–Crippen LogP) is 0.239. The van der Waals surface area contributed by atoms with Gasteiger partial charge in [-0.25, -0.2) is 0 Å². The number of hydrogen-bond donors (Lipinski definition) is 1. The molecule has 0 saturated heterocycles. The lowest BCUT2D eigenvalue weighted by molar-refractivity contribution is -0.117. The number of nitrogens with zero attached hydrogens (tertiary/aromatic N) is 2. The van der Waals surface area contributed by atoms with Crippen molar-refractivity contribution in [2.75, 3.05) is 0 Å². The largest absolute Gasteiger partial charge is 0.369 e. The Morgan fingerprint density at radius 1 is 1.75 bits per heavy atom. The molecule has 0 bridgehead atoms. The van der Waals surface area contributed by atoms with Gasteiger partial charge < -0.3 is 5.73 Å². The number of hydrogen-bond acceptors (Lipinski definition) is 2. The molecular weight excluding hydrogens is 154 g/mol. The van der Waals surface area contributed by atoms with E-state index < -0.39 is 0 Å². The average Bonchev–Trinajstić information content (AvgIpc) is 2.32. The Morgan fingerprint density at radius 3 is 2.83 bits per heavy atom. The third kappa shape index (κ3) is 1.64. The summed E-state index contributed by atoms with van der Waals surface area (Å²) in [6.45, 7) is 4.77. The maximum absolute atomic E-state index is 10.6. The molecule has 0 radical (unpaired) electrons. The van der Waals surface area contributed by atoms with Crippen LogP contribution in [-0.2, 0) is 17.8 Å². The van der Waals surface area contributed by atoms with Gasteiger partial charge in [-0.15, -0.1) is 0 Å². The topological polar surface area (TPSA) is 60.9 Å². The fourth-order valence-corrected chi connectivity index (χ4v) is 1.17. The average molecular weight is 167 g/mol. The summed E-state index contributed by atoms with van der Waals surface area (Å²) < 4.78 is 1.85. The SMILES string of the molecule is CCn1ncc(CC(N)=O)c1C. The van der Waals surface area contributed by atoms with Crippen LogP contribution in [0.4, 0.5) is 0 Å². The molecule has 1 amide bonds. The fraction of sp³-hybridized carbons (Fsp3) is 0.500. The van der Waals surface area contributed by atoms with Crippen LogP contribution in [0, 0.1) is 6.92 Å². The zero-order valence-electron chi connectivity index (χ0n) is 7.37. The van der Waals surface area contributed by atoms with Gasteiger partial charge in [0.15, 0.2) is 0 Å². The maximum Gasteiger partial charge on any atom is 0.221 e. The van der Waals surface area contributed by atoms with Gasteiger partial charge in [-0.3, -0.25) is 9.48 Å². The molecule has 1 heterocycles. The highest BCUT2D eigenvalue weighted by atomic mass is 16.1. The van der Waals surface area contributed by atoms with Gasteiger partial charge in [0.25, 0.3) is 0 Å². The molecule has 0 aliphatic carbocycles. The first-order valence-electron chi connectivity index (χ1n) is 3.94. The quantitative estimate of drug-likeness (QED) is 0.701. The number of carbonyl (C=O) groups excluding carboxylic acids is 1. The molecule has 1 rings (SSSR count). The van der Waals surface area contributed by atoms with Gasteiger partial charge in [0, 0.05) is 17.8 Å². The summed E-state index contributed by atoms with van der Waals surface area (Å²) in [4.78, 5) is 10.6. The number of rotatable bonds is 3. The van der Waals surface area contributed by atoms with Crippen molar-refractivity contribution in [3.63, 3.8) is 0 Å². The summed E-state index contributed by atoms with van der Waals surface area (Å²) in [5, 5.41) is 4.10. The minimum Gasteiger partial charge on any atom is -0.369 e. The van der Waals surface area contributed by atoms with Gasteiger partial charge in [0.1, 0.15) is 0 Å². The normalized spacial score (nSPS) is 10.2. The van der Waals surface area contributed by atoms with E-state index in [1.54, 1.807) is 6.20 Å². The summed E-state index contributed by atoms with van der Waals surface area (Å²) in [7, 11) is 0. The first-order valence-corrected chi connectivity index (χ1v) is 3.94. The molecule has 66 valence electrons. The van der Waals surface area contributed by atoms with E-state index in [4.69, 9.17) is 5.73 Å². The molecule has 4 heteroatoms. The summed E-state index contributed by atoms with van der Waals surface area (Å²) >= 11 is 0. The number of aryl methyl sites for hydroxylation is 1. The molecule has 12 heavy (non-hydrogen) atoms. The van der Waals surface area contributed by atoms with Crippen molar-refractivity contribution in [2.24, 2.45) is 5.73 Å². The third-order valence-corrected chi connectivity index (χ3v) is 1.87. The number of nitrogens with two attached hydrogens (primary N) is 1. The molecule has 2 N–H and O–H groups in total. The number of carbonyl (C=O) groups is 1. The van der Waals surface area contributed by atoms with Crippen LogP contribution in [0.25, 0.3) is 0 Å². The number of primary amides is 1. The van der Waals surface area contributed by atoms with Crippen LogP contribution in [0.5, 0.6) is 0 Å². The summed E-state index contributed by atoms with van der Waals surface area (Å²) in [6.07, 6.45) is 1.98. The summed E-state index contributed by atoms with van der Waals surface area (Å²) in [5.74, 6) is -0.311. The Labute approximate surface area is 71.4 Å². The van der Waals surface area contributed by atoms with Crippen LogP contribution >= 0.6 is 0 Å². The second-order valence-electron chi connectivity index (χ2n) is 2.71. The highest BCUT2D eigenvalue weighted by Crippen LogP contribution is 2.06. The van der Waals surface area contributed by atoms with Crippen LogP contribution in [0.3, 0.4) is 0 Å². The molecule has 0 saturated carbocycles. The zero-order valence-corrected chi connectivity index (χ0v) is 7.37. The lowest BCUT2D eigenvalue weighted by Crippen LogP contribution is -2.14. The minimum atomic E-state index is -0.311. The second-order valence-corrected chi connectivity index (χ2v) is 2.71. The van der Waals surface area contributed by atoms with Gasteiger partial charge in [-0.05, 0) is 13.8 Å².